The Labute approximate surface area is 197 Å². The lowest BCUT2D eigenvalue weighted by molar-refractivity contribution is -0.129. The van der Waals surface area contributed by atoms with Gasteiger partial charge < -0.3 is 30.4 Å². The lowest BCUT2D eigenvalue weighted by Gasteiger charge is -2.36. The van der Waals surface area contributed by atoms with Gasteiger partial charge in [-0.15, -0.1) is 0 Å². The highest BCUT2D eigenvalue weighted by atomic mass is 19.1. The highest BCUT2D eigenvalue weighted by molar-refractivity contribution is 5.73. The van der Waals surface area contributed by atoms with Crippen LogP contribution in [0.15, 0.2) is 30.5 Å². The predicted octanol–water partition coefficient (Wildman–Crippen LogP) is 2.65. The van der Waals surface area contributed by atoms with E-state index in [1.54, 1.807) is 6.92 Å². The molecule has 2 saturated heterocycles. The van der Waals surface area contributed by atoms with Crippen molar-refractivity contribution in [1.82, 2.24) is 20.2 Å². The van der Waals surface area contributed by atoms with Crippen LogP contribution in [-0.2, 0) is 4.79 Å². The van der Waals surface area contributed by atoms with Crippen LogP contribution in [0.2, 0.25) is 0 Å². The van der Waals surface area contributed by atoms with Crippen LogP contribution in [0.3, 0.4) is 0 Å². The lowest BCUT2D eigenvalue weighted by Crippen LogP contribution is -2.48. The first-order chi connectivity index (χ1) is 16.4. The fraction of sp³-hybridized carbons (Fsp3) is 0.478. The molecule has 1 aromatic heterocycles. The molecule has 10 nitrogen and oxygen atoms in total. The highest BCUT2D eigenvalue weighted by Crippen LogP contribution is 2.27. The summed E-state index contributed by atoms with van der Waals surface area (Å²) >= 11 is 0. The lowest BCUT2D eigenvalue weighted by atomic mass is 10.0. The molecular weight excluding hydrogens is 441 g/mol. The average Bonchev–Trinajstić information content (AvgIpc) is 2.85. The smallest absolute Gasteiger partial charge is 0.404 e. The molecule has 2 aliphatic rings. The number of benzene rings is 1. The summed E-state index contributed by atoms with van der Waals surface area (Å²) in [5, 5.41) is 14.5. The van der Waals surface area contributed by atoms with Crippen molar-refractivity contribution < 1.29 is 19.1 Å². The summed E-state index contributed by atoms with van der Waals surface area (Å²) < 4.78 is 14.6. The summed E-state index contributed by atoms with van der Waals surface area (Å²) in [6, 6.07) is 7.66. The molecule has 1 unspecified atom stereocenters. The van der Waals surface area contributed by atoms with Crippen molar-refractivity contribution in [2.75, 3.05) is 54.4 Å². The Morgan fingerprint density at radius 1 is 1.12 bits per heavy atom. The summed E-state index contributed by atoms with van der Waals surface area (Å²) in [4.78, 5) is 36.8. The first-order valence-corrected chi connectivity index (χ1v) is 11.5. The van der Waals surface area contributed by atoms with E-state index >= 15 is 0 Å². The minimum atomic E-state index is -1.10. The summed E-state index contributed by atoms with van der Waals surface area (Å²) in [6.07, 6.45) is 2.65. The number of amides is 2. The number of anilines is 4. The predicted molar refractivity (Wildman–Crippen MR) is 127 cm³/mol. The van der Waals surface area contributed by atoms with Crippen LogP contribution in [0.25, 0.3) is 0 Å². The van der Waals surface area contributed by atoms with E-state index in [0.29, 0.717) is 19.6 Å². The molecule has 0 aliphatic carbocycles. The number of nitrogens with one attached hydrogen (secondary N) is 2. The second-order valence-corrected chi connectivity index (χ2v) is 8.56. The molecule has 3 N–H and O–H groups in total. The summed E-state index contributed by atoms with van der Waals surface area (Å²) in [5.41, 5.74) is 1.84. The first-order valence-electron chi connectivity index (χ1n) is 11.5. The molecule has 182 valence electrons. The molecule has 4 rings (SSSR count). The van der Waals surface area contributed by atoms with Gasteiger partial charge in [-0.2, -0.15) is 4.98 Å². The molecule has 3 heterocycles. The number of nitrogens with zero attached hydrogens (tertiary/aromatic N) is 5. The fourth-order valence-electron chi connectivity index (χ4n) is 4.48. The number of piperazine rings is 1. The number of aromatic nitrogens is 2. The molecule has 11 heteroatoms. The van der Waals surface area contributed by atoms with Crippen molar-refractivity contribution in [3.63, 3.8) is 0 Å². The van der Waals surface area contributed by atoms with Crippen LogP contribution in [0.4, 0.5) is 32.3 Å². The van der Waals surface area contributed by atoms with E-state index < -0.39 is 11.9 Å². The maximum absolute atomic E-state index is 14.6. The maximum atomic E-state index is 14.6. The van der Waals surface area contributed by atoms with E-state index in [1.807, 2.05) is 34.1 Å². The normalized spacial score (nSPS) is 18.5. The Hall–Kier alpha value is -3.63. The summed E-state index contributed by atoms with van der Waals surface area (Å²) in [6.45, 7) is 5.39. The number of carbonyl (C=O) groups is 2. The van der Waals surface area contributed by atoms with Gasteiger partial charge in [-0.05, 0) is 43.5 Å². The molecule has 1 aromatic carbocycles. The molecule has 2 aliphatic heterocycles. The van der Waals surface area contributed by atoms with Crippen molar-refractivity contribution in [3.8, 4) is 0 Å². The number of halogens is 1. The van der Waals surface area contributed by atoms with Gasteiger partial charge in [0.2, 0.25) is 11.9 Å². The van der Waals surface area contributed by atoms with Gasteiger partial charge in [-0.1, -0.05) is 0 Å². The van der Waals surface area contributed by atoms with Gasteiger partial charge in [0, 0.05) is 63.6 Å². The van der Waals surface area contributed by atoms with Crippen LogP contribution < -0.4 is 20.4 Å². The van der Waals surface area contributed by atoms with Gasteiger partial charge in [0.05, 0.1) is 6.20 Å². The Balaban J connectivity index is 1.43. The molecule has 2 aromatic rings. The Kier molecular flexibility index (Phi) is 7.29. The molecule has 2 fully saturated rings. The van der Waals surface area contributed by atoms with Crippen LogP contribution in [0.1, 0.15) is 26.2 Å². The first kappa shape index (κ1) is 23.5. The minimum absolute atomic E-state index is 0.104. The molecule has 0 radical (unpaired) electrons. The number of piperidine rings is 1. The average molecular weight is 472 g/mol. The van der Waals surface area contributed by atoms with Crippen molar-refractivity contribution in [1.29, 1.82) is 0 Å². The third-order valence-electron chi connectivity index (χ3n) is 6.33. The molecular formula is C23H30FN7O3. The largest absolute Gasteiger partial charge is 0.465 e. The molecule has 34 heavy (non-hydrogen) atoms. The molecule has 0 bridgehead atoms. The Bertz CT molecular complexity index is 1010. The SMILES string of the molecule is CC(=O)N1CCN(c2ccc(Nc3ncc(F)c(N4CCCCC4CNC(=O)O)n3)cc2)CC1. The summed E-state index contributed by atoms with van der Waals surface area (Å²) in [5.74, 6) is 0.0174. The van der Waals surface area contributed by atoms with Crippen molar-refractivity contribution in [3.05, 3.63) is 36.3 Å². The number of hydrogen-bond donors (Lipinski definition) is 3. The fourth-order valence-corrected chi connectivity index (χ4v) is 4.48. The van der Waals surface area contributed by atoms with Gasteiger partial charge in [0.25, 0.3) is 0 Å². The Morgan fingerprint density at radius 2 is 1.85 bits per heavy atom. The van der Waals surface area contributed by atoms with E-state index in [2.05, 4.69) is 25.5 Å². The van der Waals surface area contributed by atoms with Crippen molar-refractivity contribution in [2.24, 2.45) is 0 Å². The van der Waals surface area contributed by atoms with E-state index in [9.17, 15) is 14.0 Å². The second-order valence-electron chi connectivity index (χ2n) is 8.56. The Morgan fingerprint density at radius 3 is 2.53 bits per heavy atom. The molecule has 1 atom stereocenters. The minimum Gasteiger partial charge on any atom is -0.465 e. The number of carboxylic acid groups (broad SMARTS) is 1. The molecule has 2 amide bonds. The quantitative estimate of drug-likeness (QED) is 0.589. The van der Waals surface area contributed by atoms with Crippen molar-refractivity contribution in [2.45, 2.75) is 32.2 Å². The van der Waals surface area contributed by atoms with E-state index in [1.165, 1.54) is 0 Å². The summed E-state index contributed by atoms with van der Waals surface area (Å²) in [7, 11) is 0. The van der Waals surface area contributed by atoms with Gasteiger partial charge in [0.15, 0.2) is 11.6 Å². The van der Waals surface area contributed by atoms with E-state index in [4.69, 9.17) is 5.11 Å². The third kappa shape index (κ3) is 5.64. The zero-order chi connectivity index (χ0) is 24.1. The van der Waals surface area contributed by atoms with Crippen LogP contribution in [0, 0.1) is 5.82 Å². The highest BCUT2D eigenvalue weighted by Gasteiger charge is 2.27. The third-order valence-corrected chi connectivity index (χ3v) is 6.33. The van der Waals surface area contributed by atoms with E-state index in [0.717, 1.165) is 49.9 Å². The van der Waals surface area contributed by atoms with Gasteiger partial charge in [0.1, 0.15) is 0 Å². The van der Waals surface area contributed by atoms with Gasteiger partial charge in [-0.3, -0.25) is 4.79 Å². The zero-order valence-electron chi connectivity index (χ0n) is 19.2. The zero-order valence-corrected chi connectivity index (χ0v) is 19.2. The number of hydrogen-bond acceptors (Lipinski definition) is 7. The molecule has 0 saturated carbocycles. The van der Waals surface area contributed by atoms with E-state index in [-0.39, 0.29) is 30.3 Å². The van der Waals surface area contributed by atoms with Crippen LogP contribution in [0.5, 0.6) is 0 Å². The molecule has 0 spiro atoms. The second kappa shape index (κ2) is 10.5. The maximum Gasteiger partial charge on any atom is 0.404 e. The monoisotopic (exact) mass is 471 g/mol. The van der Waals surface area contributed by atoms with Crippen LogP contribution in [-0.4, -0.2) is 77.3 Å². The van der Waals surface area contributed by atoms with Gasteiger partial charge in [-0.25, -0.2) is 14.2 Å². The number of carbonyl (C=O) groups excluding carboxylic acids is 1. The number of rotatable bonds is 6. The van der Waals surface area contributed by atoms with Gasteiger partial charge >= 0.3 is 6.09 Å². The topological polar surface area (TPSA) is 114 Å². The van der Waals surface area contributed by atoms with Crippen molar-refractivity contribution >= 4 is 35.1 Å². The van der Waals surface area contributed by atoms with Crippen LogP contribution >= 0.6 is 0 Å². The standard InChI is InChI=1S/C23H30FN7O3/c1-16(32)29-10-12-30(13-11-29)18-7-5-17(6-8-18)27-22-25-15-20(24)21(28-22)31-9-3-2-4-19(31)14-26-23(33)34/h5-8,15,19,26H,2-4,9-14H2,1H3,(H,33,34)(H,25,27,28).